The minimum atomic E-state index is 0.0584. The molecule has 0 spiro atoms. The van der Waals surface area contributed by atoms with Gasteiger partial charge in [-0.2, -0.15) is 0 Å². The molecule has 0 fully saturated rings. The molecule has 0 amide bonds. The molecule has 2 aromatic heterocycles. The smallest absolute Gasteiger partial charge is 0.125 e. The van der Waals surface area contributed by atoms with Crippen LogP contribution in [0.3, 0.4) is 0 Å². The van der Waals surface area contributed by atoms with Crippen molar-refractivity contribution >= 4 is 10.9 Å². The molecule has 1 atom stereocenters. The van der Waals surface area contributed by atoms with E-state index >= 15 is 0 Å². The second-order valence-electron chi connectivity index (χ2n) is 4.97. The van der Waals surface area contributed by atoms with Gasteiger partial charge in [-0.25, -0.2) is 9.97 Å². The number of fused-ring (bicyclic) bond motifs is 1. The summed E-state index contributed by atoms with van der Waals surface area (Å²) in [6.07, 6.45) is 3.63. The predicted molar refractivity (Wildman–Crippen MR) is 84.0 cm³/mol. The Morgan fingerprint density at radius 1 is 1.10 bits per heavy atom. The normalized spacial score (nSPS) is 12.5. The Morgan fingerprint density at radius 3 is 2.81 bits per heavy atom. The van der Waals surface area contributed by atoms with E-state index in [0.717, 1.165) is 29.0 Å². The molecule has 0 aliphatic heterocycles. The van der Waals surface area contributed by atoms with Crippen LogP contribution in [0.1, 0.15) is 30.0 Å². The van der Waals surface area contributed by atoms with Gasteiger partial charge in [0.25, 0.3) is 0 Å². The molecule has 21 heavy (non-hydrogen) atoms. The first-order chi connectivity index (χ1) is 10.3. The minimum Gasteiger partial charge on any atom is -0.305 e. The van der Waals surface area contributed by atoms with Crippen LogP contribution in [0.15, 0.2) is 48.8 Å². The van der Waals surface area contributed by atoms with Gasteiger partial charge in [0.15, 0.2) is 0 Å². The lowest BCUT2D eigenvalue weighted by molar-refractivity contribution is 0.612. The van der Waals surface area contributed by atoms with Gasteiger partial charge in [0.2, 0.25) is 0 Å². The quantitative estimate of drug-likeness (QED) is 0.797. The standard InChI is InChI=1S/C17H18N4/c1-3-18-17(15-8-10-19-12(2)21-15)14-7-6-13-5-4-9-20-16(13)11-14/h4-11,17-18H,3H2,1-2H3. The van der Waals surface area contributed by atoms with E-state index in [1.165, 1.54) is 5.56 Å². The van der Waals surface area contributed by atoms with E-state index in [0.29, 0.717) is 0 Å². The van der Waals surface area contributed by atoms with Gasteiger partial charge in [-0.05, 0) is 37.2 Å². The highest BCUT2D eigenvalue weighted by Gasteiger charge is 2.15. The highest BCUT2D eigenvalue weighted by Crippen LogP contribution is 2.23. The Kier molecular flexibility index (Phi) is 3.88. The van der Waals surface area contributed by atoms with Crippen molar-refractivity contribution in [2.75, 3.05) is 6.54 Å². The number of hydrogen-bond donors (Lipinski definition) is 1. The fourth-order valence-electron chi connectivity index (χ4n) is 2.50. The number of pyridine rings is 1. The molecular formula is C17H18N4. The van der Waals surface area contributed by atoms with Crippen LogP contribution >= 0.6 is 0 Å². The van der Waals surface area contributed by atoms with Crippen LogP contribution in [0.2, 0.25) is 0 Å². The fourth-order valence-corrected chi connectivity index (χ4v) is 2.50. The third-order valence-corrected chi connectivity index (χ3v) is 3.46. The van der Waals surface area contributed by atoms with E-state index in [9.17, 15) is 0 Å². The lowest BCUT2D eigenvalue weighted by Gasteiger charge is -2.18. The van der Waals surface area contributed by atoms with Crippen LogP contribution in [0.25, 0.3) is 10.9 Å². The van der Waals surface area contributed by atoms with Crippen molar-refractivity contribution in [1.29, 1.82) is 0 Å². The van der Waals surface area contributed by atoms with E-state index in [2.05, 4.69) is 51.5 Å². The first kappa shape index (κ1) is 13.6. The molecule has 0 radical (unpaired) electrons. The first-order valence-electron chi connectivity index (χ1n) is 7.15. The zero-order valence-corrected chi connectivity index (χ0v) is 12.2. The summed E-state index contributed by atoms with van der Waals surface area (Å²) in [7, 11) is 0. The number of hydrogen-bond acceptors (Lipinski definition) is 4. The highest BCUT2D eigenvalue weighted by atomic mass is 15.0. The van der Waals surface area contributed by atoms with E-state index in [1.807, 2.05) is 25.3 Å². The van der Waals surface area contributed by atoms with Gasteiger partial charge < -0.3 is 5.32 Å². The monoisotopic (exact) mass is 278 g/mol. The van der Waals surface area contributed by atoms with Gasteiger partial charge in [0, 0.05) is 17.8 Å². The molecule has 0 saturated carbocycles. The summed E-state index contributed by atoms with van der Waals surface area (Å²) in [6, 6.07) is 12.4. The molecule has 1 unspecified atom stereocenters. The van der Waals surface area contributed by atoms with E-state index in [1.54, 1.807) is 6.20 Å². The average molecular weight is 278 g/mol. The van der Waals surface area contributed by atoms with E-state index in [-0.39, 0.29) is 6.04 Å². The molecule has 0 aliphatic rings. The van der Waals surface area contributed by atoms with Crippen LogP contribution in [-0.4, -0.2) is 21.5 Å². The topological polar surface area (TPSA) is 50.7 Å². The molecule has 106 valence electrons. The summed E-state index contributed by atoms with van der Waals surface area (Å²) >= 11 is 0. The zero-order chi connectivity index (χ0) is 14.7. The number of nitrogens with one attached hydrogen (secondary N) is 1. The maximum Gasteiger partial charge on any atom is 0.125 e. The van der Waals surface area contributed by atoms with Crippen LogP contribution in [0.4, 0.5) is 0 Å². The third kappa shape index (κ3) is 2.90. The number of nitrogens with zero attached hydrogens (tertiary/aromatic N) is 3. The molecule has 1 aromatic carbocycles. The summed E-state index contributed by atoms with van der Waals surface area (Å²) < 4.78 is 0. The van der Waals surface area contributed by atoms with Gasteiger partial charge in [0.05, 0.1) is 17.3 Å². The Morgan fingerprint density at radius 2 is 2.00 bits per heavy atom. The summed E-state index contributed by atoms with van der Waals surface area (Å²) in [5, 5.41) is 4.64. The van der Waals surface area contributed by atoms with Gasteiger partial charge in [-0.15, -0.1) is 0 Å². The molecule has 0 bridgehead atoms. The van der Waals surface area contributed by atoms with Crippen molar-refractivity contribution in [3.8, 4) is 0 Å². The second kappa shape index (κ2) is 5.97. The van der Waals surface area contributed by atoms with Crippen molar-refractivity contribution in [3.05, 3.63) is 65.9 Å². The summed E-state index contributed by atoms with van der Waals surface area (Å²) in [4.78, 5) is 13.2. The summed E-state index contributed by atoms with van der Waals surface area (Å²) in [6.45, 7) is 4.88. The molecule has 2 heterocycles. The molecule has 3 rings (SSSR count). The lowest BCUT2D eigenvalue weighted by atomic mass is 10.0. The minimum absolute atomic E-state index is 0.0584. The van der Waals surface area contributed by atoms with Crippen LogP contribution < -0.4 is 5.32 Å². The molecule has 0 saturated heterocycles. The largest absolute Gasteiger partial charge is 0.305 e. The number of aromatic nitrogens is 3. The van der Waals surface area contributed by atoms with Gasteiger partial charge in [-0.1, -0.05) is 25.1 Å². The summed E-state index contributed by atoms with van der Waals surface area (Å²) in [5.41, 5.74) is 3.16. The Hall–Kier alpha value is -2.33. The number of aryl methyl sites for hydroxylation is 1. The zero-order valence-electron chi connectivity index (χ0n) is 12.2. The summed E-state index contributed by atoms with van der Waals surface area (Å²) in [5.74, 6) is 0.786. The van der Waals surface area contributed by atoms with Gasteiger partial charge in [-0.3, -0.25) is 4.98 Å². The van der Waals surface area contributed by atoms with Crippen molar-refractivity contribution in [1.82, 2.24) is 20.3 Å². The molecule has 1 N–H and O–H groups in total. The maximum atomic E-state index is 4.55. The SMILES string of the molecule is CCNC(c1ccc2cccnc2c1)c1ccnc(C)n1. The van der Waals surface area contributed by atoms with Crippen LogP contribution in [0.5, 0.6) is 0 Å². The molecule has 4 nitrogen and oxygen atoms in total. The Bertz CT molecular complexity index is 754. The average Bonchev–Trinajstić information content (AvgIpc) is 2.52. The molecule has 0 aliphatic carbocycles. The van der Waals surface area contributed by atoms with Crippen LogP contribution in [-0.2, 0) is 0 Å². The molecular weight excluding hydrogens is 260 g/mol. The van der Waals surface area contributed by atoms with Gasteiger partial charge >= 0.3 is 0 Å². The van der Waals surface area contributed by atoms with Crippen molar-refractivity contribution in [3.63, 3.8) is 0 Å². The number of benzene rings is 1. The van der Waals surface area contributed by atoms with Gasteiger partial charge in [0.1, 0.15) is 5.82 Å². The number of rotatable bonds is 4. The molecule has 3 aromatic rings. The van der Waals surface area contributed by atoms with Crippen molar-refractivity contribution < 1.29 is 0 Å². The predicted octanol–water partition coefficient (Wildman–Crippen LogP) is 3.03. The second-order valence-corrected chi connectivity index (χ2v) is 4.97. The van der Waals surface area contributed by atoms with Crippen molar-refractivity contribution in [2.24, 2.45) is 0 Å². The van der Waals surface area contributed by atoms with Crippen LogP contribution in [0, 0.1) is 6.92 Å². The highest BCUT2D eigenvalue weighted by molar-refractivity contribution is 5.79. The fraction of sp³-hybridized carbons (Fsp3) is 0.235. The molecule has 4 heteroatoms. The third-order valence-electron chi connectivity index (χ3n) is 3.46. The Balaban J connectivity index is 2.06. The maximum absolute atomic E-state index is 4.55. The lowest BCUT2D eigenvalue weighted by Crippen LogP contribution is -2.23. The Labute approximate surface area is 124 Å². The van der Waals surface area contributed by atoms with Crippen molar-refractivity contribution in [2.45, 2.75) is 19.9 Å². The van der Waals surface area contributed by atoms with E-state index in [4.69, 9.17) is 0 Å². The first-order valence-corrected chi connectivity index (χ1v) is 7.15. The van der Waals surface area contributed by atoms with E-state index < -0.39 is 0 Å².